The first-order valence-electron chi connectivity index (χ1n) is 7.37. The topological polar surface area (TPSA) is 29.1 Å². The van der Waals surface area contributed by atoms with Gasteiger partial charge in [0.1, 0.15) is 0 Å². The van der Waals surface area contributed by atoms with Crippen LogP contribution in [0.3, 0.4) is 0 Å². The summed E-state index contributed by atoms with van der Waals surface area (Å²) in [5, 5.41) is 3.02. The van der Waals surface area contributed by atoms with Gasteiger partial charge in [-0.15, -0.1) is 0 Å². The van der Waals surface area contributed by atoms with Crippen molar-refractivity contribution in [1.29, 1.82) is 0 Å². The van der Waals surface area contributed by atoms with Crippen LogP contribution in [-0.4, -0.2) is 23.0 Å². The Balaban J connectivity index is 1.75. The molecule has 0 unspecified atom stereocenters. The zero-order chi connectivity index (χ0) is 14.8. The van der Waals surface area contributed by atoms with E-state index in [4.69, 9.17) is 0 Å². The van der Waals surface area contributed by atoms with Gasteiger partial charge in [0.15, 0.2) is 0 Å². The van der Waals surface area contributed by atoms with Gasteiger partial charge in [-0.1, -0.05) is 15.9 Å². The maximum absolute atomic E-state index is 12.6. The van der Waals surface area contributed by atoms with E-state index in [1.165, 1.54) is 0 Å². The summed E-state index contributed by atoms with van der Waals surface area (Å²) in [6, 6.07) is 0.205. The van der Waals surface area contributed by atoms with Crippen LogP contribution >= 0.6 is 15.9 Å². The number of alkyl halides is 4. The average Bonchev–Trinajstić information content (AvgIpc) is 2.40. The number of carbonyl (C=O) groups is 1. The molecule has 0 atom stereocenters. The number of nitrogens with one attached hydrogen (secondary N) is 1. The van der Waals surface area contributed by atoms with Crippen molar-refractivity contribution in [2.45, 2.75) is 68.4 Å². The van der Waals surface area contributed by atoms with E-state index >= 15 is 0 Å². The van der Waals surface area contributed by atoms with E-state index in [-0.39, 0.29) is 30.7 Å². The summed E-state index contributed by atoms with van der Waals surface area (Å²) >= 11 is 3.56. The minimum Gasteiger partial charge on any atom is -0.353 e. The number of rotatable bonds is 2. The molecule has 2 saturated carbocycles. The van der Waals surface area contributed by atoms with Crippen LogP contribution in [0, 0.1) is 11.8 Å². The smallest absolute Gasteiger partial charge is 0.353 e. The zero-order valence-electron chi connectivity index (χ0n) is 11.4. The Morgan fingerprint density at radius 3 is 2.00 bits per heavy atom. The van der Waals surface area contributed by atoms with Crippen LogP contribution in [0.1, 0.15) is 51.4 Å². The molecule has 0 aromatic rings. The zero-order valence-corrected chi connectivity index (χ0v) is 13.0. The Hall–Kier alpha value is -0.260. The first kappa shape index (κ1) is 16.1. The second-order valence-corrected chi connectivity index (χ2v) is 7.34. The summed E-state index contributed by atoms with van der Waals surface area (Å²) in [5.41, 5.74) is 0. The van der Waals surface area contributed by atoms with Gasteiger partial charge in [-0.25, -0.2) is 0 Å². The normalized spacial score (nSPS) is 35.6. The van der Waals surface area contributed by atoms with Gasteiger partial charge in [0.25, 0.3) is 0 Å². The van der Waals surface area contributed by atoms with Gasteiger partial charge in [-0.2, -0.15) is 13.2 Å². The molecule has 2 aliphatic rings. The van der Waals surface area contributed by atoms with Gasteiger partial charge in [0.2, 0.25) is 5.91 Å². The van der Waals surface area contributed by atoms with Gasteiger partial charge in [0.05, 0.1) is 5.92 Å². The molecule has 0 aliphatic heterocycles. The molecule has 20 heavy (non-hydrogen) atoms. The van der Waals surface area contributed by atoms with E-state index in [0.717, 1.165) is 25.7 Å². The monoisotopic (exact) mass is 355 g/mol. The van der Waals surface area contributed by atoms with Gasteiger partial charge in [-0.3, -0.25) is 4.79 Å². The summed E-state index contributed by atoms with van der Waals surface area (Å²) in [6.07, 6.45) is 0.825. The number of amides is 1. The maximum Gasteiger partial charge on any atom is 0.391 e. The molecule has 2 rings (SSSR count). The second-order valence-electron chi connectivity index (χ2n) is 6.05. The first-order valence-corrected chi connectivity index (χ1v) is 8.29. The molecule has 0 radical (unpaired) electrons. The van der Waals surface area contributed by atoms with Crippen LogP contribution in [0.5, 0.6) is 0 Å². The fourth-order valence-corrected chi connectivity index (χ4v) is 3.73. The molecule has 0 aromatic carbocycles. The van der Waals surface area contributed by atoms with Gasteiger partial charge in [-0.05, 0) is 51.4 Å². The number of halogens is 4. The van der Waals surface area contributed by atoms with E-state index < -0.39 is 12.1 Å². The van der Waals surface area contributed by atoms with Crippen LogP contribution in [0.2, 0.25) is 0 Å². The second kappa shape index (κ2) is 6.67. The number of carbonyl (C=O) groups excluding carboxylic acids is 1. The van der Waals surface area contributed by atoms with Crippen LogP contribution < -0.4 is 5.32 Å². The molecule has 6 heteroatoms. The van der Waals surface area contributed by atoms with E-state index in [1.54, 1.807) is 0 Å². The molecule has 2 fully saturated rings. The van der Waals surface area contributed by atoms with Gasteiger partial charge in [0, 0.05) is 16.8 Å². The molecule has 2 aliphatic carbocycles. The molecular formula is C14H21BrF3NO. The van der Waals surface area contributed by atoms with E-state index in [1.807, 2.05) is 0 Å². The van der Waals surface area contributed by atoms with Crippen LogP contribution in [0.4, 0.5) is 13.2 Å². The molecule has 0 spiro atoms. The Morgan fingerprint density at radius 2 is 1.50 bits per heavy atom. The maximum atomic E-state index is 12.6. The number of hydrogen-bond acceptors (Lipinski definition) is 1. The Labute approximate surface area is 126 Å². The van der Waals surface area contributed by atoms with E-state index in [2.05, 4.69) is 21.2 Å². The van der Waals surface area contributed by atoms with Crippen molar-refractivity contribution in [3.63, 3.8) is 0 Å². The van der Waals surface area contributed by atoms with E-state index in [9.17, 15) is 18.0 Å². The molecule has 0 bridgehead atoms. The molecule has 116 valence electrons. The summed E-state index contributed by atoms with van der Waals surface area (Å²) in [7, 11) is 0. The lowest BCUT2D eigenvalue weighted by Gasteiger charge is -2.31. The van der Waals surface area contributed by atoms with Gasteiger partial charge >= 0.3 is 6.18 Å². The summed E-state index contributed by atoms with van der Waals surface area (Å²) in [5.74, 6) is -1.48. The predicted molar refractivity (Wildman–Crippen MR) is 74.6 cm³/mol. The predicted octanol–water partition coefficient (Wildman–Crippen LogP) is 4.18. The summed E-state index contributed by atoms with van der Waals surface area (Å²) in [6.45, 7) is 0. The van der Waals surface area contributed by atoms with Crippen molar-refractivity contribution in [2.75, 3.05) is 0 Å². The average molecular weight is 356 g/mol. The van der Waals surface area contributed by atoms with E-state index in [0.29, 0.717) is 17.7 Å². The third-order valence-electron chi connectivity index (χ3n) is 4.56. The first-order chi connectivity index (χ1) is 9.36. The van der Waals surface area contributed by atoms with Gasteiger partial charge < -0.3 is 5.32 Å². The number of hydrogen-bond donors (Lipinski definition) is 1. The SMILES string of the molecule is O=C(NC1CCC(Br)CC1)C1CCC(C(F)(F)F)CC1. The van der Waals surface area contributed by atoms with Crippen molar-refractivity contribution in [3.8, 4) is 0 Å². The standard InChI is InChI=1S/C14H21BrF3NO/c15-11-5-7-12(8-6-11)19-13(20)9-1-3-10(4-2-9)14(16,17)18/h9-12H,1-8H2,(H,19,20). The quantitative estimate of drug-likeness (QED) is 0.739. The lowest BCUT2D eigenvalue weighted by atomic mass is 9.81. The lowest BCUT2D eigenvalue weighted by molar-refractivity contribution is -0.184. The highest BCUT2D eigenvalue weighted by atomic mass is 79.9. The molecule has 1 amide bonds. The van der Waals surface area contributed by atoms with Crippen molar-refractivity contribution >= 4 is 21.8 Å². The molecular weight excluding hydrogens is 335 g/mol. The Morgan fingerprint density at radius 1 is 0.950 bits per heavy atom. The fourth-order valence-electron chi connectivity index (χ4n) is 3.20. The van der Waals surface area contributed by atoms with Crippen LogP contribution in [-0.2, 0) is 4.79 Å². The molecule has 0 saturated heterocycles. The fraction of sp³-hybridized carbons (Fsp3) is 0.929. The minimum absolute atomic E-state index is 0.0383. The molecule has 0 heterocycles. The summed E-state index contributed by atoms with van der Waals surface area (Å²) in [4.78, 5) is 12.6. The van der Waals surface area contributed by atoms with Crippen LogP contribution in [0.25, 0.3) is 0 Å². The van der Waals surface area contributed by atoms with Crippen molar-refractivity contribution in [1.82, 2.24) is 5.32 Å². The third kappa shape index (κ3) is 4.37. The lowest BCUT2D eigenvalue weighted by Crippen LogP contribution is -2.42. The highest BCUT2D eigenvalue weighted by Crippen LogP contribution is 2.39. The van der Waals surface area contributed by atoms with Crippen molar-refractivity contribution < 1.29 is 18.0 Å². The van der Waals surface area contributed by atoms with Crippen molar-refractivity contribution in [3.05, 3.63) is 0 Å². The Bertz CT molecular complexity index is 332. The molecule has 0 aromatic heterocycles. The highest BCUT2D eigenvalue weighted by molar-refractivity contribution is 9.09. The molecule has 1 N–H and O–H groups in total. The largest absolute Gasteiger partial charge is 0.391 e. The van der Waals surface area contributed by atoms with Crippen LogP contribution in [0.15, 0.2) is 0 Å². The molecule has 2 nitrogen and oxygen atoms in total. The summed E-state index contributed by atoms with van der Waals surface area (Å²) < 4.78 is 37.7. The highest BCUT2D eigenvalue weighted by Gasteiger charge is 2.42. The third-order valence-corrected chi connectivity index (χ3v) is 5.48. The minimum atomic E-state index is -4.10. The van der Waals surface area contributed by atoms with Crippen molar-refractivity contribution in [2.24, 2.45) is 11.8 Å². The Kier molecular flexibility index (Phi) is 5.37.